The molecule has 0 saturated carbocycles. The molecule has 0 aromatic heterocycles. The van der Waals surface area contributed by atoms with Gasteiger partial charge in [-0.3, -0.25) is 4.79 Å². The zero-order chi connectivity index (χ0) is 21.4. The molecule has 0 fully saturated rings. The van der Waals surface area contributed by atoms with Crippen molar-refractivity contribution < 1.29 is 17.9 Å². The molecule has 0 spiro atoms. The Balaban J connectivity index is 2.22. The lowest BCUT2D eigenvalue weighted by Gasteiger charge is -2.19. The maximum atomic E-state index is 12.8. The monoisotopic (exact) mass is 418 g/mol. The van der Waals surface area contributed by atoms with Gasteiger partial charge in [-0.1, -0.05) is 44.2 Å². The van der Waals surface area contributed by atoms with Gasteiger partial charge in [0.2, 0.25) is 10.0 Å². The van der Waals surface area contributed by atoms with Crippen molar-refractivity contribution in [3.8, 4) is 0 Å². The molecule has 0 unspecified atom stereocenters. The van der Waals surface area contributed by atoms with E-state index >= 15 is 0 Å². The van der Waals surface area contributed by atoms with Gasteiger partial charge in [-0.05, 0) is 42.7 Å². The number of carbonyl (C=O) groups is 1. The fourth-order valence-corrected chi connectivity index (χ4v) is 4.56. The van der Waals surface area contributed by atoms with Crippen LogP contribution in [-0.4, -0.2) is 38.3 Å². The molecule has 1 N–H and O–H groups in total. The molecule has 2 rings (SSSR count). The molecule has 29 heavy (non-hydrogen) atoms. The Kier molecular flexibility index (Phi) is 8.37. The van der Waals surface area contributed by atoms with Crippen molar-refractivity contribution in [2.45, 2.75) is 45.7 Å². The van der Waals surface area contributed by atoms with Crippen LogP contribution >= 0.6 is 0 Å². The minimum Gasteiger partial charge on any atom is -0.377 e. The number of carbonyl (C=O) groups excluding carboxylic acids is 1. The van der Waals surface area contributed by atoms with Gasteiger partial charge in [-0.2, -0.15) is 4.31 Å². The van der Waals surface area contributed by atoms with Gasteiger partial charge in [0.15, 0.2) is 0 Å². The zero-order valence-electron chi connectivity index (χ0n) is 17.6. The van der Waals surface area contributed by atoms with Crippen molar-refractivity contribution in [3.63, 3.8) is 0 Å². The molecule has 0 bridgehead atoms. The normalized spacial score (nSPS) is 11.6. The van der Waals surface area contributed by atoms with Crippen LogP contribution in [0.2, 0.25) is 0 Å². The van der Waals surface area contributed by atoms with E-state index in [-0.39, 0.29) is 10.8 Å². The predicted octanol–water partition coefficient (Wildman–Crippen LogP) is 3.49. The summed E-state index contributed by atoms with van der Waals surface area (Å²) < 4.78 is 32.4. The third-order valence-electron chi connectivity index (χ3n) is 4.82. The summed E-state index contributed by atoms with van der Waals surface area (Å²) in [5.41, 5.74) is 3.08. The quantitative estimate of drug-likeness (QED) is 0.641. The molecule has 0 radical (unpaired) electrons. The summed E-state index contributed by atoms with van der Waals surface area (Å²) >= 11 is 0. The summed E-state index contributed by atoms with van der Waals surface area (Å²) in [7, 11) is -3.62. The second-order valence-corrected chi connectivity index (χ2v) is 8.59. The van der Waals surface area contributed by atoms with E-state index in [1.165, 1.54) is 10.4 Å². The molecular formula is C22H30N2O4S. The molecule has 0 atom stereocenters. The first-order chi connectivity index (χ1) is 13.8. The summed E-state index contributed by atoms with van der Waals surface area (Å²) in [5, 5.41) is 2.91. The third kappa shape index (κ3) is 5.65. The maximum absolute atomic E-state index is 12.8. The Morgan fingerprint density at radius 3 is 2.31 bits per heavy atom. The third-order valence-corrected chi connectivity index (χ3v) is 6.86. The van der Waals surface area contributed by atoms with E-state index in [9.17, 15) is 13.2 Å². The highest BCUT2D eigenvalue weighted by atomic mass is 32.2. The lowest BCUT2D eigenvalue weighted by Crippen LogP contribution is -2.31. The number of nitrogens with one attached hydrogen (secondary N) is 1. The zero-order valence-corrected chi connectivity index (χ0v) is 18.4. The number of ether oxygens (including phenoxy) is 1. The van der Waals surface area contributed by atoms with Crippen LogP contribution in [0.4, 0.5) is 0 Å². The minimum atomic E-state index is -3.62. The molecule has 2 aromatic rings. The van der Waals surface area contributed by atoms with Crippen LogP contribution in [-0.2, 0) is 27.9 Å². The molecule has 0 aliphatic rings. The smallest absolute Gasteiger partial charge is 0.251 e. The largest absolute Gasteiger partial charge is 0.377 e. The van der Waals surface area contributed by atoms with Crippen LogP contribution in [0, 0.1) is 6.92 Å². The Bertz CT molecular complexity index is 938. The number of benzene rings is 2. The topological polar surface area (TPSA) is 75.7 Å². The molecule has 7 heteroatoms. The molecule has 158 valence electrons. The van der Waals surface area contributed by atoms with Crippen LogP contribution in [0.1, 0.15) is 47.8 Å². The molecule has 0 aliphatic carbocycles. The van der Waals surface area contributed by atoms with Crippen LogP contribution in [0.3, 0.4) is 0 Å². The van der Waals surface area contributed by atoms with Gasteiger partial charge < -0.3 is 10.1 Å². The first kappa shape index (κ1) is 23.1. The van der Waals surface area contributed by atoms with E-state index < -0.39 is 10.0 Å². The molecule has 6 nitrogen and oxygen atoms in total. The average molecular weight is 419 g/mol. The van der Waals surface area contributed by atoms with E-state index in [1.807, 2.05) is 31.2 Å². The number of hydrogen-bond donors (Lipinski definition) is 1. The molecule has 0 saturated heterocycles. The second kappa shape index (κ2) is 10.5. The van der Waals surface area contributed by atoms with Gasteiger partial charge in [0.05, 0.1) is 11.5 Å². The molecule has 0 heterocycles. The Morgan fingerprint density at radius 1 is 1.03 bits per heavy atom. The second-order valence-electron chi connectivity index (χ2n) is 6.65. The molecule has 0 aliphatic heterocycles. The fraction of sp³-hybridized carbons (Fsp3) is 0.409. The SMILES string of the molecule is CCOCc1ccccc1CNC(=O)c1cc(S(=O)(=O)N(CC)CC)ccc1C. The van der Waals surface area contributed by atoms with Crippen molar-refractivity contribution in [1.82, 2.24) is 9.62 Å². The average Bonchev–Trinajstić information content (AvgIpc) is 2.71. The van der Waals surface area contributed by atoms with E-state index in [0.717, 1.165) is 16.7 Å². The Labute approximate surface area is 173 Å². The van der Waals surface area contributed by atoms with Crippen LogP contribution < -0.4 is 5.32 Å². The van der Waals surface area contributed by atoms with E-state index in [2.05, 4.69) is 5.32 Å². The van der Waals surface area contributed by atoms with Gasteiger partial charge in [0.1, 0.15) is 0 Å². The van der Waals surface area contributed by atoms with Gasteiger partial charge >= 0.3 is 0 Å². The molecule has 1 amide bonds. The fourth-order valence-electron chi connectivity index (χ4n) is 3.07. The number of amides is 1. The van der Waals surface area contributed by atoms with Crippen molar-refractivity contribution in [2.24, 2.45) is 0 Å². The lowest BCUT2D eigenvalue weighted by atomic mass is 10.1. The first-order valence-corrected chi connectivity index (χ1v) is 11.3. The van der Waals surface area contributed by atoms with Crippen molar-refractivity contribution >= 4 is 15.9 Å². The lowest BCUT2D eigenvalue weighted by molar-refractivity contribution is 0.0949. The van der Waals surface area contributed by atoms with E-state index in [0.29, 0.717) is 38.4 Å². The van der Waals surface area contributed by atoms with Crippen LogP contribution in [0.5, 0.6) is 0 Å². The Morgan fingerprint density at radius 2 is 1.69 bits per heavy atom. The molecule has 2 aromatic carbocycles. The summed E-state index contributed by atoms with van der Waals surface area (Å²) in [5.74, 6) is -0.301. The van der Waals surface area contributed by atoms with Crippen molar-refractivity contribution in [1.29, 1.82) is 0 Å². The highest BCUT2D eigenvalue weighted by molar-refractivity contribution is 7.89. The van der Waals surface area contributed by atoms with Gasteiger partial charge in [0.25, 0.3) is 5.91 Å². The summed E-state index contributed by atoms with van der Waals surface area (Å²) in [4.78, 5) is 12.9. The number of sulfonamides is 1. The van der Waals surface area contributed by atoms with Gasteiger partial charge in [-0.15, -0.1) is 0 Å². The highest BCUT2D eigenvalue weighted by Gasteiger charge is 2.23. The number of aryl methyl sites for hydroxylation is 1. The van der Waals surface area contributed by atoms with E-state index in [4.69, 9.17) is 4.74 Å². The summed E-state index contributed by atoms with van der Waals surface area (Å²) in [6.45, 7) is 9.53. The number of hydrogen-bond acceptors (Lipinski definition) is 4. The van der Waals surface area contributed by atoms with Crippen LogP contribution in [0.15, 0.2) is 47.4 Å². The first-order valence-electron chi connectivity index (χ1n) is 9.88. The minimum absolute atomic E-state index is 0.133. The van der Waals surface area contributed by atoms with Crippen molar-refractivity contribution in [2.75, 3.05) is 19.7 Å². The standard InChI is InChI=1S/C22H30N2O4S/c1-5-24(6-2)29(26,27)20-13-12-17(4)21(14-20)22(25)23-15-18-10-8-9-11-19(18)16-28-7-3/h8-14H,5-7,15-16H2,1-4H3,(H,23,25). The summed E-state index contributed by atoms with van der Waals surface area (Å²) in [6.07, 6.45) is 0. The predicted molar refractivity (Wildman–Crippen MR) is 114 cm³/mol. The molecular weight excluding hydrogens is 388 g/mol. The maximum Gasteiger partial charge on any atom is 0.251 e. The number of rotatable bonds is 10. The Hall–Kier alpha value is -2.22. The summed E-state index contributed by atoms with van der Waals surface area (Å²) in [6, 6.07) is 12.5. The highest BCUT2D eigenvalue weighted by Crippen LogP contribution is 2.20. The van der Waals surface area contributed by atoms with Crippen molar-refractivity contribution in [3.05, 3.63) is 64.7 Å². The van der Waals surface area contributed by atoms with Gasteiger partial charge in [-0.25, -0.2) is 8.42 Å². The van der Waals surface area contributed by atoms with Gasteiger partial charge in [0, 0.05) is 31.8 Å². The van der Waals surface area contributed by atoms with E-state index in [1.54, 1.807) is 32.9 Å². The number of nitrogens with zero attached hydrogens (tertiary/aromatic N) is 1. The van der Waals surface area contributed by atoms with Crippen LogP contribution in [0.25, 0.3) is 0 Å².